The molecule has 1 N–H and O–H groups in total. The Hall–Kier alpha value is -1.29. The first-order chi connectivity index (χ1) is 9.26. The molecule has 0 amide bonds. The zero-order valence-corrected chi connectivity index (χ0v) is 12.8. The number of rotatable bonds is 3. The van der Waals surface area contributed by atoms with E-state index in [1.807, 2.05) is 12.1 Å². The molecule has 1 aliphatic carbocycles. The summed E-state index contributed by atoms with van der Waals surface area (Å²) in [5.41, 5.74) is 4.78. The highest BCUT2D eigenvalue weighted by Gasteiger charge is 2.22. The molecule has 0 saturated heterocycles. The van der Waals surface area contributed by atoms with Crippen LogP contribution in [0.25, 0.3) is 10.9 Å². The molecule has 1 heterocycles. The van der Waals surface area contributed by atoms with Crippen molar-refractivity contribution >= 4 is 32.5 Å². The number of nitrogens with zero attached hydrogens (tertiary/aromatic N) is 1. The number of fused-ring (bicyclic) bond motifs is 2. The molecule has 1 aliphatic rings. The van der Waals surface area contributed by atoms with Crippen molar-refractivity contribution in [1.82, 2.24) is 4.98 Å². The maximum Gasteiger partial charge on any atom is 0.145 e. The van der Waals surface area contributed by atoms with Gasteiger partial charge >= 0.3 is 0 Å². The Morgan fingerprint density at radius 3 is 2.95 bits per heavy atom. The zero-order chi connectivity index (χ0) is 13.4. The Kier molecular flexibility index (Phi) is 3.35. The standard InChI is InChI=1S/C15H17BrN2O/c1-3-17-14-9-5-4-6-11(9)18-15-12(19-2)8-7-10(16)13(14)15/h7-8H,3-6H2,1-2H3,(H,17,18). The van der Waals surface area contributed by atoms with E-state index in [0.29, 0.717) is 0 Å². The summed E-state index contributed by atoms with van der Waals surface area (Å²) in [6.45, 7) is 3.04. The lowest BCUT2D eigenvalue weighted by atomic mass is 10.1. The van der Waals surface area contributed by atoms with Gasteiger partial charge in [-0.3, -0.25) is 0 Å². The molecule has 3 nitrogen and oxygen atoms in total. The molecule has 1 aromatic carbocycles. The van der Waals surface area contributed by atoms with Crippen LogP contribution in [0.5, 0.6) is 5.75 Å². The van der Waals surface area contributed by atoms with Gasteiger partial charge in [-0.15, -0.1) is 0 Å². The van der Waals surface area contributed by atoms with Crippen molar-refractivity contribution in [3.05, 3.63) is 27.9 Å². The Balaban J connectivity index is 2.40. The predicted molar refractivity (Wildman–Crippen MR) is 82.2 cm³/mol. The molecule has 0 aliphatic heterocycles. The molecule has 0 fully saturated rings. The second-order valence-electron chi connectivity index (χ2n) is 4.77. The molecule has 0 unspecified atom stereocenters. The van der Waals surface area contributed by atoms with Crippen molar-refractivity contribution in [3.63, 3.8) is 0 Å². The van der Waals surface area contributed by atoms with Crippen molar-refractivity contribution < 1.29 is 4.74 Å². The average molecular weight is 321 g/mol. The van der Waals surface area contributed by atoms with Crippen LogP contribution in [0.2, 0.25) is 0 Å². The molecular weight excluding hydrogens is 304 g/mol. The Morgan fingerprint density at radius 1 is 1.37 bits per heavy atom. The summed E-state index contributed by atoms with van der Waals surface area (Å²) in [5, 5.41) is 4.66. The quantitative estimate of drug-likeness (QED) is 0.930. The minimum absolute atomic E-state index is 0.840. The number of aromatic nitrogens is 1. The van der Waals surface area contributed by atoms with E-state index in [1.165, 1.54) is 23.4 Å². The Bertz CT molecular complexity index is 640. The number of aryl methyl sites for hydroxylation is 1. The van der Waals surface area contributed by atoms with E-state index >= 15 is 0 Å². The molecule has 0 atom stereocenters. The summed E-state index contributed by atoms with van der Waals surface area (Å²) in [5.74, 6) is 0.840. The van der Waals surface area contributed by atoms with Crippen LogP contribution in [0.3, 0.4) is 0 Å². The molecule has 0 bridgehead atoms. The summed E-state index contributed by atoms with van der Waals surface area (Å²) in [4.78, 5) is 4.84. The van der Waals surface area contributed by atoms with E-state index in [2.05, 4.69) is 28.2 Å². The summed E-state index contributed by atoms with van der Waals surface area (Å²) < 4.78 is 6.54. The molecule has 0 spiro atoms. The second kappa shape index (κ2) is 5.00. The second-order valence-corrected chi connectivity index (χ2v) is 5.62. The minimum atomic E-state index is 0.840. The first kappa shape index (κ1) is 12.7. The first-order valence-corrected chi connectivity index (χ1v) is 7.47. The monoisotopic (exact) mass is 320 g/mol. The largest absolute Gasteiger partial charge is 0.494 e. The molecule has 4 heteroatoms. The number of pyridine rings is 1. The fourth-order valence-corrected chi connectivity index (χ4v) is 3.36. The highest BCUT2D eigenvalue weighted by atomic mass is 79.9. The summed E-state index contributed by atoms with van der Waals surface area (Å²) in [6.07, 6.45) is 3.38. The van der Waals surface area contributed by atoms with Gasteiger partial charge in [-0.1, -0.05) is 15.9 Å². The number of ether oxygens (including phenoxy) is 1. The van der Waals surface area contributed by atoms with E-state index in [1.54, 1.807) is 7.11 Å². The van der Waals surface area contributed by atoms with E-state index in [0.717, 1.165) is 40.5 Å². The van der Waals surface area contributed by atoms with Crippen LogP contribution < -0.4 is 10.1 Å². The lowest BCUT2D eigenvalue weighted by molar-refractivity contribution is 0.419. The van der Waals surface area contributed by atoms with Gasteiger partial charge in [0.25, 0.3) is 0 Å². The van der Waals surface area contributed by atoms with Crippen LogP contribution in [0.1, 0.15) is 24.6 Å². The molecule has 3 rings (SSSR count). The zero-order valence-electron chi connectivity index (χ0n) is 11.2. The van der Waals surface area contributed by atoms with Gasteiger partial charge in [0.2, 0.25) is 0 Å². The number of hydrogen-bond donors (Lipinski definition) is 1. The topological polar surface area (TPSA) is 34.2 Å². The summed E-state index contributed by atoms with van der Waals surface area (Å²) >= 11 is 3.65. The van der Waals surface area contributed by atoms with E-state index < -0.39 is 0 Å². The maximum atomic E-state index is 5.46. The summed E-state index contributed by atoms with van der Waals surface area (Å²) in [7, 11) is 1.70. The van der Waals surface area contributed by atoms with Gasteiger partial charge in [0.15, 0.2) is 0 Å². The van der Waals surface area contributed by atoms with Gasteiger partial charge in [-0.2, -0.15) is 0 Å². The van der Waals surface area contributed by atoms with Gasteiger partial charge in [0, 0.05) is 27.8 Å². The normalized spacial score (nSPS) is 13.6. The van der Waals surface area contributed by atoms with E-state index in [4.69, 9.17) is 9.72 Å². The highest BCUT2D eigenvalue weighted by molar-refractivity contribution is 9.10. The third kappa shape index (κ3) is 1.98. The molecule has 1 aromatic heterocycles. The van der Waals surface area contributed by atoms with Crippen LogP contribution in [-0.2, 0) is 12.8 Å². The molecule has 0 saturated carbocycles. The SMILES string of the molecule is CCNc1c2c(nc3c(OC)ccc(Br)c13)CCC2. The van der Waals surface area contributed by atoms with E-state index in [-0.39, 0.29) is 0 Å². The number of anilines is 1. The number of methoxy groups -OCH3 is 1. The number of nitrogens with one attached hydrogen (secondary N) is 1. The third-order valence-corrected chi connectivity index (χ3v) is 4.31. The van der Waals surface area contributed by atoms with Gasteiger partial charge in [0.1, 0.15) is 11.3 Å². The van der Waals surface area contributed by atoms with Crippen molar-refractivity contribution in [2.24, 2.45) is 0 Å². The van der Waals surface area contributed by atoms with Crippen LogP contribution in [0.4, 0.5) is 5.69 Å². The Morgan fingerprint density at radius 2 is 2.21 bits per heavy atom. The van der Waals surface area contributed by atoms with Crippen molar-refractivity contribution in [2.75, 3.05) is 19.0 Å². The Labute approximate surface area is 121 Å². The van der Waals surface area contributed by atoms with Gasteiger partial charge in [-0.25, -0.2) is 4.98 Å². The molecule has 19 heavy (non-hydrogen) atoms. The summed E-state index contributed by atoms with van der Waals surface area (Å²) in [6, 6.07) is 4.00. The maximum absolute atomic E-state index is 5.46. The molecule has 100 valence electrons. The number of hydrogen-bond acceptors (Lipinski definition) is 3. The third-order valence-electron chi connectivity index (χ3n) is 3.65. The van der Waals surface area contributed by atoms with Gasteiger partial charge < -0.3 is 10.1 Å². The van der Waals surface area contributed by atoms with E-state index in [9.17, 15) is 0 Å². The van der Waals surface area contributed by atoms with Gasteiger partial charge in [-0.05, 0) is 43.9 Å². The smallest absolute Gasteiger partial charge is 0.145 e. The van der Waals surface area contributed by atoms with Crippen LogP contribution in [0.15, 0.2) is 16.6 Å². The predicted octanol–water partition coefficient (Wildman–Crippen LogP) is 3.93. The van der Waals surface area contributed by atoms with Crippen molar-refractivity contribution in [1.29, 1.82) is 0 Å². The number of benzene rings is 1. The van der Waals surface area contributed by atoms with Crippen LogP contribution in [0, 0.1) is 0 Å². The first-order valence-electron chi connectivity index (χ1n) is 6.68. The highest BCUT2D eigenvalue weighted by Crippen LogP contribution is 2.40. The lowest BCUT2D eigenvalue weighted by Crippen LogP contribution is -2.04. The van der Waals surface area contributed by atoms with Crippen LogP contribution >= 0.6 is 15.9 Å². The molecule has 2 aromatic rings. The lowest BCUT2D eigenvalue weighted by Gasteiger charge is -2.16. The van der Waals surface area contributed by atoms with Crippen LogP contribution in [-0.4, -0.2) is 18.6 Å². The molecule has 0 radical (unpaired) electrons. The number of halogens is 1. The fourth-order valence-electron chi connectivity index (χ4n) is 2.84. The average Bonchev–Trinajstić information content (AvgIpc) is 2.87. The van der Waals surface area contributed by atoms with Crippen molar-refractivity contribution in [3.8, 4) is 5.75 Å². The fraction of sp³-hybridized carbons (Fsp3) is 0.400. The molecular formula is C15H17BrN2O. The van der Waals surface area contributed by atoms with Crippen molar-refractivity contribution in [2.45, 2.75) is 26.2 Å². The van der Waals surface area contributed by atoms with Gasteiger partial charge in [0.05, 0.1) is 7.11 Å². The minimum Gasteiger partial charge on any atom is -0.494 e.